The molecule has 0 unspecified atom stereocenters. The van der Waals surface area contributed by atoms with Crippen LogP contribution in [0.25, 0.3) is 0 Å². The second-order valence-electron chi connectivity index (χ2n) is 6.70. The zero-order valence-electron chi connectivity index (χ0n) is 14.3. The van der Waals surface area contributed by atoms with Gasteiger partial charge in [0.1, 0.15) is 0 Å². The molecule has 2 heterocycles. The van der Waals surface area contributed by atoms with Crippen LogP contribution in [0, 0.1) is 0 Å². The monoisotopic (exact) mass is 349 g/mol. The predicted octanol–water partition coefficient (Wildman–Crippen LogP) is -0.611. The van der Waals surface area contributed by atoms with E-state index in [4.69, 9.17) is 4.42 Å². The number of urea groups is 1. The number of nitrogens with zero attached hydrogens (tertiary/aromatic N) is 1. The Morgan fingerprint density at radius 3 is 2.56 bits per heavy atom. The Balaban J connectivity index is 1.37. The van der Waals surface area contributed by atoms with Crippen molar-refractivity contribution in [3.63, 3.8) is 0 Å². The normalized spacial score (nSPS) is 19.0. The van der Waals surface area contributed by atoms with Crippen molar-refractivity contribution in [2.24, 2.45) is 0 Å². The third-order valence-corrected chi connectivity index (χ3v) is 4.84. The van der Waals surface area contributed by atoms with Crippen molar-refractivity contribution in [2.75, 3.05) is 32.7 Å². The van der Waals surface area contributed by atoms with Gasteiger partial charge in [0, 0.05) is 6.04 Å². The zero-order chi connectivity index (χ0) is 17.6. The molecule has 1 aliphatic carbocycles. The van der Waals surface area contributed by atoms with Gasteiger partial charge in [0.2, 0.25) is 0 Å². The first-order valence-electron chi connectivity index (χ1n) is 8.88. The minimum Gasteiger partial charge on any atom is -0.459 e. The summed E-state index contributed by atoms with van der Waals surface area (Å²) in [7, 11) is 0. The summed E-state index contributed by atoms with van der Waals surface area (Å²) in [6.07, 6.45) is 5.71. The van der Waals surface area contributed by atoms with Crippen molar-refractivity contribution < 1.29 is 23.7 Å². The van der Waals surface area contributed by atoms with Gasteiger partial charge >= 0.3 is 6.03 Å². The van der Waals surface area contributed by atoms with Gasteiger partial charge in [-0.05, 0) is 25.0 Å². The average Bonchev–Trinajstić information content (AvgIpc) is 3.28. The molecule has 0 radical (unpaired) electrons. The SMILES string of the molecule is O=C(C[NH+]1CCN(C(=O)c2ccco2)CC1)NC(=O)NC1CCCC1. The second kappa shape index (κ2) is 8.15. The summed E-state index contributed by atoms with van der Waals surface area (Å²) in [4.78, 5) is 38.8. The lowest BCUT2D eigenvalue weighted by molar-refractivity contribution is -0.895. The smallest absolute Gasteiger partial charge is 0.321 e. The van der Waals surface area contributed by atoms with Gasteiger partial charge in [-0.3, -0.25) is 14.9 Å². The van der Waals surface area contributed by atoms with Gasteiger partial charge in [-0.25, -0.2) is 4.79 Å². The van der Waals surface area contributed by atoms with Crippen LogP contribution in [0.5, 0.6) is 0 Å². The average molecular weight is 349 g/mol. The van der Waals surface area contributed by atoms with Crippen LogP contribution >= 0.6 is 0 Å². The fourth-order valence-corrected chi connectivity index (χ4v) is 3.45. The Bertz CT molecular complexity index is 602. The lowest BCUT2D eigenvalue weighted by Crippen LogP contribution is -3.15. The van der Waals surface area contributed by atoms with E-state index in [2.05, 4.69) is 10.6 Å². The van der Waals surface area contributed by atoms with E-state index in [1.165, 1.54) is 6.26 Å². The quantitative estimate of drug-likeness (QED) is 0.676. The minimum absolute atomic E-state index is 0.121. The van der Waals surface area contributed by atoms with Crippen LogP contribution in [0.1, 0.15) is 36.2 Å². The van der Waals surface area contributed by atoms with Crippen LogP contribution < -0.4 is 15.5 Å². The van der Waals surface area contributed by atoms with Gasteiger partial charge in [0.05, 0.1) is 32.4 Å². The molecule has 8 nitrogen and oxygen atoms in total. The molecule has 2 fully saturated rings. The van der Waals surface area contributed by atoms with Crippen molar-refractivity contribution in [3.05, 3.63) is 24.2 Å². The van der Waals surface area contributed by atoms with E-state index in [0.29, 0.717) is 31.9 Å². The molecule has 2 aliphatic rings. The number of piperazine rings is 1. The Morgan fingerprint density at radius 2 is 1.92 bits per heavy atom. The molecule has 4 amide bonds. The second-order valence-corrected chi connectivity index (χ2v) is 6.70. The van der Waals surface area contributed by atoms with E-state index in [9.17, 15) is 14.4 Å². The summed E-state index contributed by atoms with van der Waals surface area (Å²) in [6.45, 7) is 2.71. The van der Waals surface area contributed by atoms with E-state index >= 15 is 0 Å². The number of carbonyl (C=O) groups excluding carboxylic acids is 3. The highest BCUT2D eigenvalue weighted by Crippen LogP contribution is 2.17. The summed E-state index contributed by atoms with van der Waals surface area (Å²) in [5.74, 6) is -0.0643. The topological polar surface area (TPSA) is 96.1 Å². The van der Waals surface area contributed by atoms with Crippen molar-refractivity contribution in [1.29, 1.82) is 0 Å². The summed E-state index contributed by atoms with van der Waals surface area (Å²) < 4.78 is 5.13. The van der Waals surface area contributed by atoms with Crippen LogP contribution in [-0.2, 0) is 4.79 Å². The highest BCUT2D eigenvalue weighted by molar-refractivity contribution is 5.95. The molecule has 1 saturated carbocycles. The first-order chi connectivity index (χ1) is 12.1. The van der Waals surface area contributed by atoms with E-state index in [1.54, 1.807) is 17.0 Å². The molecule has 0 spiro atoms. The number of nitrogens with one attached hydrogen (secondary N) is 3. The first kappa shape index (κ1) is 17.5. The molecule has 0 aromatic carbocycles. The highest BCUT2D eigenvalue weighted by Gasteiger charge is 2.27. The summed E-state index contributed by atoms with van der Waals surface area (Å²) in [6, 6.07) is 3.13. The van der Waals surface area contributed by atoms with Crippen LogP contribution in [0.4, 0.5) is 4.79 Å². The van der Waals surface area contributed by atoms with Crippen molar-refractivity contribution in [2.45, 2.75) is 31.7 Å². The fraction of sp³-hybridized carbons (Fsp3) is 0.588. The maximum atomic E-state index is 12.2. The summed E-state index contributed by atoms with van der Waals surface area (Å²) in [5, 5.41) is 5.25. The standard InChI is InChI=1S/C17H24N4O4/c22-15(19-17(24)18-13-4-1-2-5-13)12-20-7-9-21(10-8-20)16(23)14-6-3-11-25-14/h3,6,11,13H,1-2,4-5,7-10,12H2,(H2,18,19,22,24)/p+1. The maximum absolute atomic E-state index is 12.2. The van der Waals surface area contributed by atoms with Gasteiger partial charge in [0.15, 0.2) is 12.3 Å². The maximum Gasteiger partial charge on any atom is 0.321 e. The van der Waals surface area contributed by atoms with Gasteiger partial charge < -0.3 is 19.5 Å². The van der Waals surface area contributed by atoms with Crippen molar-refractivity contribution in [1.82, 2.24) is 15.5 Å². The fourth-order valence-electron chi connectivity index (χ4n) is 3.45. The number of quaternary nitrogens is 1. The third kappa shape index (κ3) is 4.82. The molecule has 136 valence electrons. The molecule has 0 atom stereocenters. The van der Waals surface area contributed by atoms with E-state index in [1.807, 2.05) is 0 Å². The largest absolute Gasteiger partial charge is 0.459 e. The van der Waals surface area contributed by atoms with Crippen LogP contribution in [0.2, 0.25) is 0 Å². The highest BCUT2D eigenvalue weighted by atomic mass is 16.3. The summed E-state index contributed by atoms with van der Waals surface area (Å²) >= 11 is 0. The first-order valence-corrected chi connectivity index (χ1v) is 8.88. The van der Waals surface area contributed by atoms with Gasteiger partial charge in [-0.1, -0.05) is 12.8 Å². The van der Waals surface area contributed by atoms with Crippen LogP contribution in [0.3, 0.4) is 0 Å². The molecule has 1 aromatic heterocycles. The molecule has 8 heteroatoms. The lowest BCUT2D eigenvalue weighted by Gasteiger charge is -2.31. The molecule has 1 aromatic rings. The molecule has 25 heavy (non-hydrogen) atoms. The molecular weight excluding hydrogens is 324 g/mol. The zero-order valence-corrected chi connectivity index (χ0v) is 14.3. The third-order valence-electron chi connectivity index (χ3n) is 4.84. The van der Waals surface area contributed by atoms with E-state index < -0.39 is 6.03 Å². The van der Waals surface area contributed by atoms with Gasteiger partial charge in [-0.15, -0.1) is 0 Å². The van der Waals surface area contributed by atoms with E-state index in [0.717, 1.165) is 30.6 Å². The Kier molecular flexibility index (Phi) is 5.70. The Hall–Kier alpha value is -2.35. The molecular formula is C17H25N4O4+. The minimum atomic E-state index is -0.400. The van der Waals surface area contributed by atoms with Crippen molar-refractivity contribution >= 4 is 17.8 Å². The Morgan fingerprint density at radius 1 is 1.20 bits per heavy atom. The van der Waals surface area contributed by atoms with Crippen LogP contribution in [0.15, 0.2) is 22.8 Å². The Labute approximate surface area is 146 Å². The number of rotatable bonds is 4. The number of furan rings is 1. The molecule has 1 aliphatic heterocycles. The van der Waals surface area contributed by atoms with Crippen LogP contribution in [-0.4, -0.2) is 61.5 Å². The predicted molar refractivity (Wildman–Crippen MR) is 89.1 cm³/mol. The summed E-state index contributed by atoms with van der Waals surface area (Å²) in [5.41, 5.74) is 0. The number of amides is 4. The molecule has 1 saturated heterocycles. The van der Waals surface area contributed by atoms with Gasteiger partial charge in [0.25, 0.3) is 11.8 Å². The number of hydrogen-bond acceptors (Lipinski definition) is 4. The number of carbonyl (C=O) groups is 3. The molecule has 3 N–H and O–H groups in total. The van der Waals surface area contributed by atoms with E-state index in [-0.39, 0.29) is 24.4 Å². The molecule has 3 rings (SSSR count). The molecule has 0 bridgehead atoms. The lowest BCUT2D eigenvalue weighted by atomic mass is 10.2. The number of imide groups is 1. The number of hydrogen-bond donors (Lipinski definition) is 3. The van der Waals surface area contributed by atoms with Gasteiger partial charge in [-0.2, -0.15) is 0 Å². The van der Waals surface area contributed by atoms with Crippen molar-refractivity contribution in [3.8, 4) is 0 Å².